The highest BCUT2D eigenvalue weighted by Gasteiger charge is 2.57. The molecule has 0 atom stereocenters. The molecule has 0 bridgehead atoms. The second kappa shape index (κ2) is 4.64. The van der Waals surface area contributed by atoms with Crippen LogP contribution in [0.1, 0.15) is 32.6 Å². The standard InChI is InChI=1S/C12H20F2N2O2/c1-2-18-10(17)16-5-3-9(4-6-16)11(15)7-12(13,14)8-11/h9H,2-8,15H2,1H3. The van der Waals surface area contributed by atoms with Gasteiger partial charge in [-0.3, -0.25) is 0 Å². The molecular weight excluding hydrogens is 242 g/mol. The average Bonchev–Trinajstić information content (AvgIpc) is 2.27. The molecule has 1 aliphatic heterocycles. The predicted molar refractivity (Wildman–Crippen MR) is 62.4 cm³/mol. The first-order valence-corrected chi connectivity index (χ1v) is 6.45. The first-order chi connectivity index (χ1) is 8.36. The third kappa shape index (κ3) is 2.58. The van der Waals surface area contributed by atoms with Crippen LogP contribution < -0.4 is 5.73 Å². The molecule has 0 aromatic carbocycles. The molecule has 18 heavy (non-hydrogen) atoms. The van der Waals surface area contributed by atoms with Gasteiger partial charge in [-0.25, -0.2) is 13.6 Å². The predicted octanol–water partition coefficient (Wildman–Crippen LogP) is 1.98. The van der Waals surface area contributed by atoms with E-state index in [1.54, 1.807) is 11.8 Å². The van der Waals surface area contributed by atoms with Crippen molar-refractivity contribution in [2.45, 2.75) is 44.1 Å². The fourth-order valence-corrected chi connectivity index (χ4v) is 3.05. The second-order valence-electron chi connectivity index (χ2n) is 5.40. The van der Waals surface area contributed by atoms with Gasteiger partial charge >= 0.3 is 6.09 Å². The van der Waals surface area contributed by atoms with Crippen molar-refractivity contribution in [3.8, 4) is 0 Å². The number of nitrogens with zero attached hydrogens (tertiary/aromatic N) is 1. The molecule has 1 amide bonds. The highest BCUT2D eigenvalue weighted by molar-refractivity contribution is 5.67. The second-order valence-corrected chi connectivity index (χ2v) is 5.40. The van der Waals surface area contributed by atoms with Gasteiger partial charge in [-0.05, 0) is 25.7 Å². The number of halogens is 2. The van der Waals surface area contributed by atoms with Crippen molar-refractivity contribution in [1.82, 2.24) is 4.90 Å². The Morgan fingerprint density at radius 3 is 2.39 bits per heavy atom. The molecule has 6 heteroatoms. The van der Waals surface area contributed by atoms with Crippen LogP contribution in [0.15, 0.2) is 0 Å². The number of amides is 1. The van der Waals surface area contributed by atoms with E-state index in [9.17, 15) is 13.6 Å². The maximum atomic E-state index is 12.9. The molecule has 0 radical (unpaired) electrons. The van der Waals surface area contributed by atoms with Crippen molar-refractivity contribution in [2.75, 3.05) is 19.7 Å². The maximum Gasteiger partial charge on any atom is 0.409 e. The summed E-state index contributed by atoms with van der Waals surface area (Å²) < 4.78 is 30.8. The fraction of sp³-hybridized carbons (Fsp3) is 0.917. The number of nitrogens with two attached hydrogens (primary N) is 1. The van der Waals surface area contributed by atoms with Crippen LogP contribution in [-0.2, 0) is 4.74 Å². The lowest BCUT2D eigenvalue weighted by atomic mass is 9.63. The molecule has 0 aromatic heterocycles. The molecule has 0 unspecified atom stereocenters. The SMILES string of the molecule is CCOC(=O)N1CCC(C2(N)CC(F)(F)C2)CC1. The van der Waals surface area contributed by atoms with Crippen LogP contribution in [0.25, 0.3) is 0 Å². The van der Waals surface area contributed by atoms with Crippen LogP contribution in [0.3, 0.4) is 0 Å². The number of hydrogen-bond acceptors (Lipinski definition) is 3. The number of carbonyl (C=O) groups excluding carboxylic acids is 1. The highest BCUT2D eigenvalue weighted by Crippen LogP contribution is 2.50. The van der Waals surface area contributed by atoms with E-state index in [1.807, 2.05) is 0 Å². The minimum atomic E-state index is -2.59. The van der Waals surface area contributed by atoms with Crippen molar-refractivity contribution in [2.24, 2.45) is 11.7 Å². The zero-order valence-corrected chi connectivity index (χ0v) is 10.6. The Morgan fingerprint density at radius 1 is 1.39 bits per heavy atom. The van der Waals surface area contributed by atoms with Crippen LogP contribution in [0.4, 0.5) is 13.6 Å². The highest BCUT2D eigenvalue weighted by atomic mass is 19.3. The largest absolute Gasteiger partial charge is 0.450 e. The normalized spacial score (nSPS) is 26.6. The molecule has 2 aliphatic rings. The number of likely N-dealkylation sites (tertiary alicyclic amines) is 1. The molecule has 2 N–H and O–H groups in total. The summed E-state index contributed by atoms with van der Waals surface area (Å²) in [6.45, 7) is 3.21. The van der Waals surface area contributed by atoms with Gasteiger partial charge in [-0.15, -0.1) is 0 Å². The number of alkyl halides is 2. The number of carbonyl (C=O) groups is 1. The Kier molecular flexibility index (Phi) is 3.49. The molecule has 1 aliphatic carbocycles. The van der Waals surface area contributed by atoms with Crippen LogP contribution in [0.2, 0.25) is 0 Å². The van der Waals surface area contributed by atoms with E-state index >= 15 is 0 Å². The van der Waals surface area contributed by atoms with Gasteiger partial charge in [-0.1, -0.05) is 0 Å². The fourth-order valence-electron chi connectivity index (χ4n) is 3.05. The number of piperidine rings is 1. The topological polar surface area (TPSA) is 55.6 Å². The molecule has 2 fully saturated rings. The Hall–Kier alpha value is -0.910. The van der Waals surface area contributed by atoms with Crippen molar-refractivity contribution in [1.29, 1.82) is 0 Å². The lowest BCUT2D eigenvalue weighted by molar-refractivity contribution is -0.144. The summed E-state index contributed by atoms with van der Waals surface area (Å²) in [6.07, 6.45) is 0.617. The van der Waals surface area contributed by atoms with Crippen LogP contribution in [-0.4, -0.2) is 42.2 Å². The van der Waals surface area contributed by atoms with Crippen LogP contribution in [0, 0.1) is 5.92 Å². The van der Waals surface area contributed by atoms with E-state index in [4.69, 9.17) is 10.5 Å². The van der Waals surface area contributed by atoms with Gasteiger partial charge in [0.25, 0.3) is 5.92 Å². The van der Waals surface area contributed by atoms with E-state index in [0.717, 1.165) is 0 Å². The summed E-state index contributed by atoms with van der Waals surface area (Å²) in [5.74, 6) is -2.50. The Morgan fingerprint density at radius 2 is 1.94 bits per heavy atom. The summed E-state index contributed by atoms with van der Waals surface area (Å²) in [4.78, 5) is 13.1. The zero-order valence-electron chi connectivity index (χ0n) is 10.6. The Balaban J connectivity index is 1.82. The summed E-state index contributed by atoms with van der Waals surface area (Å²) in [5.41, 5.74) is 5.29. The van der Waals surface area contributed by atoms with Gasteiger partial charge in [0.15, 0.2) is 0 Å². The van der Waals surface area contributed by atoms with E-state index in [-0.39, 0.29) is 24.9 Å². The minimum absolute atomic E-state index is 0.0859. The lowest BCUT2D eigenvalue weighted by Crippen LogP contribution is -2.64. The number of rotatable bonds is 2. The third-order valence-corrected chi connectivity index (χ3v) is 4.01. The van der Waals surface area contributed by atoms with E-state index in [1.165, 1.54) is 0 Å². The quantitative estimate of drug-likeness (QED) is 0.828. The number of ether oxygens (including phenoxy) is 1. The molecule has 2 rings (SSSR count). The van der Waals surface area contributed by atoms with Gasteiger partial charge in [-0.2, -0.15) is 0 Å². The summed E-state index contributed by atoms with van der Waals surface area (Å²) in [6, 6.07) is 0. The molecule has 0 aromatic rings. The molecule has 1 saturated heterocycles. The smallest absolute Gasteiger partial charge is 0.409 e. The van der Waals surface area contributed by atoms with Crippen molar-refractivity contribution >= 4 is 6.09 Å². The van der Waals surface area contributed by atoms with Crippen LogP contribution in [0.5, 0.6) is 0 Å². The van der Waals surface area contributed by atoms with Gasteiger partial charge in [0.2, 0.25) is 0 Å². The first kappa shape index (κ1) is 13.5. The molecule has 104 valence electrons. The Labute approximate surface area is 105 Å². The van der Waals surface area contributed by atoms with E-state index in [2.05, 4.69) is 0 Å². The van der Waals surface area contributed by atoms with Crippen molar-refractivity contribution < 1.29 is 18.3 Å². The molecule has 1 heterocycles. The molecule has 4 nitrogen and oxygen atoms in total. The third-order valence-electron chi connectivity index (χ3n) is 4.01. The maximum absolute atomic E-state index is 12.9. The Bertz CT molecular complexity index is 320. The van der Waals surface area contributed by atoms with E-state index < -0.39 is 11.5 Å². The van der Waals surface area contributed by atoms with E-state index in [0.29, 0.717) is 32.5 Å². The van der Waals surface area contributed by atoms with Crippen molar-refractivity contribution in [3.05, 3.63) is 0 Å². The lowest BCUT2D eigenvalue weighted by Gasteiger charge is -2.51. The molecular formula is C12H20F2N2O2. The summed E-state index contributed by atoms with van der Waals surface area (Å²) >= 11 is 0. The van der Waals surface area contributed by atoms with Gasteiger partial charge in [0, 0.05) is 31.5 Å². The zero-order chi connectivity index (χ0) is 13.4. The summed E-state index contributed by atoms with van der Waals surface area (Å²) in [7, 11) is 0. The molecule has 1 saturated carbocycles. The van der Waals surface area contributed by atoms with Gasteiger partial charge in [0.1, 0.15) is 0 Å². The minimum Gasteiger partial charge on any atom is -0.450 e. The molecule has 0 spiro atoms. The summed E-state index contributed by atoms with van der Waals surface area (Å²) in [5, 5.41) is 0. The monoisotopic (exact) mass is 262 g/mol. The van der Waals surface area contributed by atoms with Gasteiger partial charge < -0.3 is 15.4 Å². The number of hydrogen-bond donors (Lipinski definition) is 1. The van der Waals surface area contributed by atoms with Crippen molar-refractivity contribution in [3.63, 3.8) is 0 Å². The van der Waals surface area contributed by atoms with Crippen LogP contribution >= 0.6 is 0 Å². The first-order valence-electron chi connectivity index (χ1n) is 6.45. The van der Waals surface area contributed by atoms with Gasteiger partial charge in [0.05, 0.1) is 6.61 Å². The average molecular weight is 262 g/mol.